The molecule has 0 fully saturated rings. The number of aliphatic imine (C=N–C) groups is 1. The van der Waals surface area contributed by atoms with Crippen molar-refractivity contribution in [3.63, 3.8) is 0 Å². The number of amides is 3. The molecule has 0 radical (unpaired) electrons. The maximum absolute atomic E-state index is 13.3. The van der Waals surface area contributed by atoms with Crippen LogP contribution < -0.4 is 21.7 Å². The second kappa shape index (κ2) is 14.1. The zero-order valence-electron chi connectivity index (χ0n) is 25.2. The molecule has 2 aliphatic rings. The van der Waals surface area contributed by atoms with Crippen LogP contribution in [0.1, 0.15) is 65.7 Å². The van der Waals surface area contributed by atoms with Gasteiger partial charge in [0, 0.05) is 55.5 Å². The molecule has 0 spiro atoms. The quantitative estimate of drug-likeness (QED) is 0.279. The Morgan fingerprint density at radius 2 is 1.80 bits per heavy atom. The van der Waals surface area contributed by atoms with Gasteiger partial charge in [-0.1, -0.05) is 44.2 Å². The van der Waals surface area contributed by atoms with E-state index >= 15 is 0 Å². The number of nitrogens with zero attached hydrogens (tertiary/aromatic N) is 3. The molecule has 3 amide bonds. The van der Waals surface area contributed by atoms with Crippen LogP contribution in [0.15, 0.2) is 71.5 Å². The minimum absolute atomic E-state index is 0.0366. The summed E-state index contributed by atoms with van der Waals surface area (Å²) in [6.07, 6.45) is 7.67. The first-order valence-corrected chi connectivity index (χ1v) is 15.1. The van der Waals surface area contributed by atoms with E-state index in [1.807, 2.05) is 23.1 Å². The number of amidine groups is 1. The van der Waals surface area contributed by atoms with Gasteiger partial charge in [0.15, 0.2) is 0 Å². The number of benzene rings is 2. The van der Waals surface area contributed by atoms with Gasteiger partial charge in [-0.15, -0.1) is 0 Å². The van der Waals surface area contributed by atoms with Gasteiger partial charge in [-0.3, -0.25) is 19.4 Å². The topological polar surface area (TPSA) is 142 Å². The average molecular weight is 594 g/mol. The summed E-state index contributed by atoms with van der Waals surface area (Å²) in [4.78, 5) is 49.9. The first kappa shape index (κ1) is 30.6. The molecule has 10 nitrogen and oxygen atoms in total. The second-order valence-electron chi connectivity index (χ2n) is 11.2. The van der Waals surface area contributed by atoms with E-state index in [4.69, 9.17) is 5.73 Å². The predicted octanol–water partition coefficient (Wildman–Crippen LogP) is 4.09. The standard InChI is InChI=1S/C34H39N7O3/c1-3-11-41(12-4-2)34(44)27-14-24-9-10-25(16-29(24)40-31(35)17-27)32(42)39-28-13-22(18-36-21-28)19-38-33(43)30-15-23-7-5-6-8-26(23)20-37-30/h5-10,13-14,16,18,21,30,37H,3-4,11-12,15,17,19-20H2,1-2H3,(H2,35,40)(H,38,43)(H,39,42). The van der Waals surface area contributed by atoms with Gasteiger partial charge in [-0.25, -0.2) is 4.99 Å². The molecule has 1 aromatic heterocycles. The van der Waals surface area contributed by atoms with Crippen molar-refractivity contribution < 1.29 is 14.4 Å². The number of nitrogens with two attached hydrogens (primary N) is 1. The molecule has 10 heteroatoms. The lowest BCUT2D eigenvalue weighted by atomic mass is 9.95. The molecule has 5 rings (SSSR count). The fourth-order valence-electron chi connectivity index (χ4n) is 5.54. The van der Waals surface area contributed by atoms with Gasteiger partial charge in [0.05, 0.1) is 23.6 Å². The van der Waals surface area contributed by atoms with Gasteiger partial charge in [0.2, 0.25) is 11.8 Å². The minimum Gasteiger partial charge on any atom is -0.387 e. The third-order valence-electron chi connectivity index (χ3n) is 7.72. The van der Waals surface area contributed by atoms with Crippen LogP contribution in [0, 0.1) is 0 Å². The summed E-state index contributed by atoms with van der Waals surface area (Å²) in [6, 6.07) is 14.8. The normalized spacial score (nSPS) is 15.5. The summed E-state index contributed by atoms with van der Waals surface area (Å²) in [5.41, 5.74) is 12.1. The van der Waals surface area contributed by atoms with Gasteiger partial charge in [0.1, 0.15) is 5.84 Å². The van der Waals surface area contributed by atoms with Crippen molar-refractivity contribution in [1.29, 1.82) is 0 Å². The van der Waals surface area contributed by atoms with Crippen molar-refractivity contribution >= 4 is 41.0 Å². The molecule has 0 saturated heterocycles. The van der Waals surface area contributed by atoms with Crippen LogP contribution in [-0.4, -0.2) is 52.6 Å². The Hall–Kier alpha value is -4.83. The molecule has 5 N–H and O–H groups in total. The number of carbonyl (C=O) groups is 3. The minimum atomic E-state index is -0.337. The summed E-state index contributed by atoms with van der Waals surface area (Å²) >= 11 is 0. The Morgan fingerprint density at radius 1 is 1.02 bits per heavy atom. The van der Waals surface area contributed by atoms with Crippen LogP contribution in [0.3, 0.4) is 0 Å². The van der Waals surface area contributed by atoms with E-state index in [2.05, 4.69) is 51.9 Å². The summed E-state index contributed by atoms with van der Waals surface area (Å²) in [6.45, 7) is 6.40. The maximum Gasteiger partial charge on any atom is 0.255 e. The number of nitrogens with one attached hydrogen (secondary N) is 3. The third-order valence-corrected chi connectivity index (χ3v) is 7.72. The van der Waals surface area contributed by atoms with E-state index in [0.29, 0.717) is 54.4 Å². The molecule has 44 heavy (non-hydrogen) atoms. The Bertz CT molecular complexity index is 1610. The summed E-state index contributed by atoms with van der Waals surface area (Å²) in [5.74, 6) is -0.136. The second-order valence-corrected chi connectivity index (χ2v) is 11.2. The molecule has 228 valence electrons. The monoisotopic (exact) mass is 593 g/mol. The number of hydrogen-bond donors (Lipinski definition) is 4. The lowest BCUT2D eigenvalue weighted by molar-refractivity contribution is -0.127. The summed E-state index contributed by atoms with van der Waals surface area (Å²) in [7, 11) is 0. The van der Waals surface area contributed by atoms with E-state index in [1.165, 1.54) is 11.1 Å². The van der Waals surface area contributed by atoms with E-state index in [9.17, 15) is 14.4 Å². The van der Waals surface area contributed by atoms with Crippen molar-refractivity contribution in [2.45, 2.75) is 58.7 Å². The van der Waals surface area contributed by atoms with Gasteiger partial charge >= 0.3 is 0 Å². The highest BCUT2D eigenvalue weighted by Crippen LogP contribution is 2.29. The molecule has 3 heterocycles. The maximum atomic E-state index is 13.3. The van der Waals surface area contributed by atoms with Gasteiger partial charge in [0.25, 0.3) is 5.91 Å². The predicted molar refractivity (Wildman–Crippen MR) is 172 cm³/mol. The first-order valence-electron chi connectivity index (χ1n) is 15.1. The Morgan fingerprint density at radius 3 is 2.57 bits per heavy atom. The molecule has 3 aromatic rings. The fraction of sp³-hybridized carbons (Fsp3) is 0.324. The van der Waals surface area contributed by atoms with Gasteiger partial charge in [-0.2, -0.15) is 0 Å². The average Bonchev–Trinajstić information content (AvgIpc) is 3.20. The van der Waals surface area contributed by atoms with Crippen molar-refractivity contribution in [2.75, 3.05) is 18.4 Å². The van der Waals surface area contributed by atoms with Crippen LogP contribution in [-0.2, 0) is 29.1 Å². The van der Waals surface area contributed by atoms with Crippen LogP contribution in [0.2, 0.25) is 0 Å². The zero-order valence-corrected chi connectivity index (χ0v) is 25.2. The number of anilines is 1. The van der Waals surface area contributed by atoms with Crippen molar-refractivity contribution in [2.24, 2.45) is 10.7 Å². The van der Waals surface area contributed by atoms with Crippen LogP contribution in [0.25, 0.3) is 6.08 Å². The first-order chi connectivity index (χ1) is 21.3. The Labute approximate surface area is 257 Å². The van der Waals surface area contributed by atoms with E-state index < -0.39 is 0 Å². The molecular formula is C34H39N7O3. The number of carbonyl (C=O) groups excluding carboxylic acids is 3. The molecule has 1 unspecified atom stereocenters. The molecule has 0 saturated carbocycles. The number of fused-ring (bicyclic) bond motifs is 2. The summed E-state index contributed by atoms with van der Waals surface area (Å²) < 4.78 is 0. The van der Waals surface area contributed by atoms with Gasteiger partial charge in [-0.05, 0) is 60.2 Å². The van der Waals surface area contributed by atoms with Crippen LogP contribution in [0.5, 0.6) is 0 Å². The number of hydrogen-bond acceptors (Lipinski definition) is 7. The lowest BCUT2D eigenvalue weighted by Gasteiger charge is -2.25. The summed E-state index contributed by atoms with van der Waals surface area (Å²) in [5, 5.41) is 9.15. The molecule has 2 aromatic carbocycles. The highest BCUT2D eigenvalue weighted by atomic mass is 16.2. The number of aromatic nitrogens is 1. The van der Waals surface area contributed by atoms with E-state index in [-0.39, 0.29) is 36.7 Å². The highest BCUT2D eigenvalue weighted by Gasteiger charge is 2.24. The van der Waals surface area contributed by atoms with Crippen molar-refractivity contribution in [3.05, 3.63) is 94.3 Å². The molecule has 2 aliphatic heterocycles. The number of rotatable bonds is 10. The fourth-order valence-corrected chi connectivity index (χ4v) is 5.54. The highest BCUT2D eigenvalue weighted by molar-refractivity contribution is 6.08. The zero-order chi connectivity index (χ0) is 31.1. The van der Waals surface area contributed by atoms with Crippen LogP contribution in [0.4, 0.5) is 11.4 Å². The molecule has 0 bridgehead atoms. The van der Waals surface area contributed by atoms with Crippen LogP contribution >= 0.6 is 0 Å². The van der Waals surface area contributed by atoms with Crippen molar-refractivity contribution in [1.82, 2.24) is 20.5 Å². The van der Waals surface area contributed by atoms with E-state index in [1.54, 1.807) is 36.7 Å². The third kappa shape index (κ3) is 7.38. The van der Waals surface area contributed by atoms with Crippen molar-refractivity contribution in [3.8, 4) is 0 Å². The SMILES string of the molecule is CCCN(CCC)C(=O)C1=Cc2ccc(C(=O)Nc3cncc(CNC(=O)C4Cc5ccccc5CN4)c3)cc2N=C(N)C1. The molecular weight excluding hydrogens is 554 g/mol. The van der Waals surface area contributed by atoms with E-state index in [0.717, 1.165) is 24.0 Å². The number of pyridine rings is 1. The largest absolute Gasteiger partial charge is 0.387 e. The Balaban J connectivity index is 1.23. The lowest BCUT2D eigenvalue weighted by Crippen LogP contribution is -2.47. The molecule has 0 aliphatic carbocycles. The smallest absolute Gasteiger partial charge is 0.255 e. The molecule has 1 atom stereocenters. The Kier molecular flexibility index (Phi) is 9.81. The van der Waals surface area contributed by atoms with Gasteiger partial charge < -0.3 is 26.6 Å².